The van der Waals surface area contributed by atoms with Crippen LogP contribution in [0.1, 0.15) is 54.8 Å². The van der Waals surface area contributed by atoms with Crippen molar-refractivity contribution in [3.05, 3.63) is 33.9 Å². The molecule has 6 heteroatoms. The second-order valence-electron chi connectivity index (χ2n) is 8.18. The molecule has 0 radical (unpaired) electrons. The molecule has 3 aliphatic rings. The first-order valence-electron chi connectivity index (χ1n) is 9.67. The van der Waals surface area contributed by atoms with Gasteiger partial charge in [-0.3, -0.25) is 14.4 Å². The van der Waals surface area contributed by atoms with E-state index in [1.54, 1.807) is 11.8 Å². The van der Waals surface area contributed by atoms with Gasteiger partial charge in [-0.15, -0.1) is 0 Å². The van der Waals surface area contributed by atoms with Gasteiger partial charge in [0.2, 0.25) is 5.91 Å². The third kappa shape index (κ3) is 3.06. The summed E-state index contributed by atoms with van der Waals surface area (Å²) in [5, 5.41) is 0. The minimum Gasteiger partial charge on any atom is -0.456 e. The zero-order valence-electron chi connectivity index (χ0n) is 15.3. The van der Waals surface area contributed by atoms with E-state index in [0.29, 0.717) is 31.2 Å². The molecule has 0 bridgehead atoms. The van der Waals surface area contributed by atoms with Crippen LogP contribution in [0.2, 0.25) is 0 Å². The molecule has 0 unspecified atom stereocenters. The fourth-order valence-electron chi connectivity index (χ4n) is 4.60. The van der Waals surface area contributed by atoms with E-state index in [1.807, 2.05) is 4.90 Å². The molecule has 1 spiro atoms. The minimum absolute atomic E-state index is 0.0710. The molecule has 6 nitrogen and oxygen atoms in total. The van der Waals surface area contributed by atoms with Gasteiger partial charge < -0.3 is 14.2 Å². The van der Waals surface area contributed by atoms with Crippen LogP contribution in [0.4, 0.5) is 0 Å². The van der Waals surface area contributed by atoms with Crippen LogP contribution in [0.15, 0.2) is 21.3 Å². The summed E-state index contributed by atoms with van der Waals surface area (Å²) < 4.78 is 5.44. The standard InChI is InChI=1S/C20H26N2O4/c1-14-10-16(23)11-17(26-14)18(24)22-9-7-20(13-22)6-3-8-21(19(20)25)12-15-4-2-5-15/h10-11,15H,2-9,12-13H2,1H3/t20-/m0/s1. The van der Waals surface area contributed by atoms with Gasteiger partial charge >= 0.3 is 0 Å². The lowest BCUT2D eigenvalue weighted by molar-refractivity contribution is -0.146. The number of likely N-dealkylation sites (tertiary alicyclic amines) is 2. The Morgan fingerprint density at radius 3 is 2.69 bits per heavy atom. The van der Waals surface area contributed by atoms with E-state index in [-0.39, 0.29) is 23.0 Å². The number of nitrogens with zero attached hydrogens (tertiary/aromatic N) is 2. The van der Waals surface area contributed by atoms with Crippen molar-refractivity contribution in [2.75, 3.05) is 26.2 Å². The fourth-order valence-corrected chi connectivity index (χ4v) is 4.60. The highest BCUT2D eigenvalue weighted by molar-refractivity contribution is 5.93. The van der Waals surface area contributed by atoms with Gasteiger partial charge in [0, 0.05) is 38.3 Å². The van der Waals surface area contributed by atoms with Crippen LogP contribution in [0.5, 0.6) is 0 Å². The van der Waals surface area contributed by atoms with E-state index in [4.69, 9.17) is 4.42 Å². The summed E-state index contributed by atoms with van der Waals surface area (Å²) in [5.41, 5.74) is -0.673. The summed E-state index contributed by atoms with van der Waals surface area (Å²) in [6.45, 7) is 4.36. The molecule has 0 aromatic carbocycles. The van der Waals surface area contributed by atoms with Gasteiger partial charge in [-0.05, 0) is 44.9 Å². The van der Waals surface area contributed by atoms with Gasteiger partial charge in [0.1, 0.15) is 5.76 Å². The average molecular weight is 358 g/mol. The van der Waals surface area contributed by atoms with Gasteiger partial charge in [-0.2, -0.15) is 0 Å². The normalized spacial score (nSPS) is 26.4. The highest BCUT2D eigenvalue weighted by Gasteiger charge is 2.50. The van der Waals surface area contributed by atoms with E-state index in [1.165, 1.54) is 31.4 Å². The average Bonchev–Trinajstić information content (AvgIpc) is 2.98. The molecule has 3 heterocycles. The molecule has 1 aromatic rings. The Kier molecular flexibility index (Phi) is 4.37. The van der Waals surface area contributed by atoms with Gasteiger partial charge in [-0.25, -0.2) is 0 Å². The molecule has 2 amide bonds. The molecule has 4 rings (SSSR count). The van der Waals surface area contributed by atoms with Crippen molar-refractivity contribution in [2.45, 2.75) is 45.4 Å². The summed E-state index contributed by atoms with van der Waals surface area (Å²) in [4.78, 5) is 41.3. The molecule has 1 atom stereocenters. The molecular formula is C20H26N2O4. The smallest absolute Gasteiger partial charge is 0.289 e. The highest BCUT2D eigenvalue weighted by Crippen LogP contribution is 2.41. The van der Waals surface area contributed by atoms with Crippen molar-refractivity contribution >= 4 is 11.8 Å². The summed E-state index contributed by atoms with van der Waals surface area (Å²) in [5.74, 6) is 1.09. The minimum atomic E-state index is -0.443. The van der Waals surface area contributed by atoms with E-state index in [0.717, 1.165) is 25.9 Å². The molecule has 0 N–H and O–H groups in total. The molecule has 3 fully saturated rings. The first-order chi connectivity index (χ1) is 12.5. The quantitative estimate of drug-likeness (QED) is 0.830. The molecule has 2 saturated heterocycles. The molecule has 1 saturated carbocycles. The van der Waals surface area contributed by atoms with Crippen molar-refractivity contribution in [1.82, 2.24) is 9.80 Å². The number of carbonyl (C=O) groups is 2. The molecule has 2 aliphatic heterocycles. The monoisotopic (exact) mass is 358 g/mol. The van der Waals surface area contributed by atoms with E-state index >= 15 is 0 Å². The van der Waals surface area contributed by atoms with Crippen molar-refractivity contribution < 1.29 is 14.0 Å². The van der Waals surface area contributed by atoms with Crippen molar-refractivity contribution in [2.24, 2.45) is 11.3 Å². The SMILES string of the molecule is Cc1cc(=O)cc(C(=O)N2CC[C@@]3(CCCN(CC4CCC4)C3=O)C2)o1. The third-order valence-corrected chi connectivity index (χ3v) is 6.27. The van der Waals surface area contributed by atoms with Crippen molar-refractivity contribution in [3.8, 4) is 0 Å². The number of amides is 2. The Bertz CT molecular complexity index is 782. The first-order valence-corrected chi connectivity index (χ1v) is 9.67. The van der Waals surface area contributed by atoms with Crippen LogP contribution in [0, 0.1) is 18.3 Å². The maximum Gasteiger partial charge on any atom is 0.289 e. The Balaban J connectivity index is 1.48. The van der Waals surface area contributed by atoms with Gasteiger partial charge in [-0.1, -0.05) is 6.42 Å². The van der Waals surface area contributed by atoms with Gasteiger partial charge in [0.15, 0.2) is 11.2 Å². The number of piperidine rings is 1. The van der Waals surface area contributed by atoms with Crippen LogP contribution >= 0.6 is 0 Å². The second-order valence-corrected chi connectivity index (χ2v) is 8.18. The Labute approximate surface area is 153 Å². The van der Waals surface area contributed by atoms with Gasteiger partial charge in [0.25, 0.3) is 5.91 Å². The Morgan fingerprint density at radius 1 is 1.19 bits per heavy atom. The van der Waals surface area contributed by atoms with Crippen LogP contribution in [-0.2, 0) is 4.79 Å². The number of hydrogen-bond acceptors (Lipinski definition) is 4. The molecule has 1 aliphatic carbocycles. The molecule has 1 aromatic heterocycles. The van der Waals surface area contributed by atoms with Crippen LogP contribution in [0.3, 0.4) is 0 Å². The van der Waals surface area contributed by atoms with E-state index in [9.17, 15) is 14.4 Å². The van der Waals surface area contributed by atoms with Crippen LogP contribution in [0.25, 0.3) is 0 Å². The maximum atomic E-state index is 13.2. The van der Waals surface area contributed by atoms with Gasteiger partial charge in [0.05, 0.1) is 5.41 Å². The lowest BCUT2D eigenvalue weighted by atomic mass is 9.77. The molecule has 140 valence electrons. The number of rotatable bonds is 3. The Morgan fingerprint density at radius 2 is 2.00 bits per heavy atom. The van der Waals surface area contributed by atoms with Crippen molar-refractivity contribution in [3.63, 3.8) is 0 Å². The van der Waals surface area contributed by atoms with Crippen LogP contribution in [-0.4, -0.2) is 47.8 Å². The number of hydrogen-bond donors (Lipinski definition) is 0. The van der Waals surface area contributed by atoms with E-state index < -0.39 is 5.41 Å². The maximum absolute atomic E-state index is 13.2. The number of aryl methyl sites for hydroxylation is 1. The zero-order valence-corrected chi connectivity index (χ0v) is 15.3. The largest absolute Gasteiger partial charge is 0.456 e. The van der Waals surface area contributed by atoms with Crippen LogP contribution < -0.4 is 5.43 Å². The summed E-state index contributed by atoms with van der Waals surface area (Å²) in [6.07, 6.45) is 6.28. The predicted molar refractivity (Wildman–Crippen MR) is 95.8 cm³/mol. The molecular weight excluding hydrogens is 332 g/mol. The first kappa shape index (κ1) is 17.3. The lowest BCUT2D eigenvalue weighted by Crippen LogP contribution is -2.52. The summed E-state index contributed by atoms with van der Waals surface area (Å²) in [7, 11) is 0. The predicted octanol–water partition coefficient (Wildman–Crippen LogP) is 2.20. The van der Waals surface area contributed by atoms with Crippen molar-refractivity contribution in [1.29, 1.82) is 0 Å². The Hall–Kier alpha value is -2.11. The second kappa shape index (κ2) is 6.56. The third-order valence-electron chi connectivity index (χ3n) is 6.27. The summed E-state index contributed by atoms with van der Waals surface area (Å²) >= 11 is 0. The molecule has 26 heavy (non-hydrogen) atoms. The lowest BCUT2D eigenvalue weighted by Gasteiger charge is -2.42. The topological polar surface area (TPSA) is 70.8 Å². The number of carbonyl (C=O) groups excluding carboxylic acids is 2. The van der Waals surface area contributed by atoms with E-state index in [2.05, 4.69) is 0 Å². The fraction of sp³-hybridized carbons (Fsp3) is 0.650. The highest BCUT2D eigenvalue weighted by atomic mass is 16.3. The zero-order chi connectivity index (χ0) is 18.3. The summed E-state index contributed by atoms with van der Waals surface area (Å²) in [6, 6.07) is 2.61.